The predicted octanol–water partition coefficient (Wildman–Crippen LogP) is 28.2. The third-order valence-electron chi connectivity index (χ3n) is 16.8. The third-order valence-corrected chi connectivity index (χ3v) is 16.8. The van der Waals surface area contributed by atoms with Crippen LogP contribution < -0.4 is 23.8 Å². The van der Waals surface area contributed by atoms with Gasteiger partial charge in [-0.05, 0) is 272 Å². The second-order valence-corrected chi connectivity index (χ2v) is 35.6. The number of likely N-dealkylation sites (tertiary alicyclic amines) is 1. The number of para-hydroxylation sites is 6. The Kier molecular flexibility index (Phi) is 31.5. The maximum absolute atomic E-state index is 8.36. The van der Waals surface area contributed by atoms with Crippen molar-refractivity contribution in [1.29, 1.82) is 0 Å². The Balaban J connectivity index is 0.000000280. The van der Waals surface area contributed by atoms with E-state index in [-0.39, 0.29) is 27.8 Å². The summed E-state index contributed by atoms with van der Waals surface area (Å²) in [6.45, 7) is 56.0. The predicted molar refractivity (Wildman–Crippen MR) is 464 cm³/mol. The minimum absolute atomic E-state index is 0.0582. The maximum Gasteiger partial charge on any atom is 0.135 e. The number of anilines is 2. The van der Waals surface area contributed by atoms with Gasteiger partial charge in [0.05, 0.1) is 0 Å². The average Bonchev–Trinajstić information content (AvgIpc) is 0.744. The van der Waals surface area contributed by atoms with Crippen LogP contribution in [0.3, 0.4) is 0 Å². The first-order chi connectivity index (χ1) is 51.0. The lowest BCUT2D eigenvalue weighted by Crippen LogP contribution is -2.44. The number of hydrogen-bond acceptors (Lipinski definition) is 7. The van der Waals surface area contributed by atoms with Crippen molar-refractivity contribution in [3.8, 4) is 56.4 Å². The highest BCUT2D eigenvalue weighted by Gasteiger charge is 2.27. The van der Waals surface area contributed by atoms with E-state index in [1.807, 2.05) is 81.4 Å². The van der Waals surface area contributed by atoms with Crippen LogP contribution in [0.15, 0.2) is 237 Å². The topological polar surface area (TPSA) is 46.6 Å². The fourth-order valence-electron chi connectivity index (χ4n) is 11.2. The summed E-state index contributed by atoms with van der Waals surface area (Å²) < 4.78 is 64.0. The van der Waals surface area contributed by atoms with Crippen LogP contribution in [0, 0.1) is 0 Å². The molecule has 0 bridgehead atoms. The normalized spacial score (nSPS) is 14.3. The Labute approximate surface area is 654 Å². The summed E-state index contributed by atoms with van der Waals surface area (Å²) in [5.74, 6) is 0.445. The van der Waals surface area contributed by atoms with Gasteiger partial charge in [-0.25, -0.2) is 0 Å². The SMILES string of the molecule is CC(C)(C)N(c1ccccc1)c1ccccc1.CC(C)(C)N1CCCCC1.CC(C)(C)Oc1c(-c2ccccc2)cccc1-c1ccccc1.CC(C)(C)Oc1ccccc1-c1ccccc1.CC(C)(C)Oc1ccccc1C(C)(C)C.CN(C)C(C)(C)C.[2H]C(C)(C)c1cccc(C([2H])(C)C([2H])([2H])[2H])c1OC(C)(C)C. The molecule has 1 saturated heterocycles. The van der Waals surface area contributed by atoms with Crippen LogP contribution in [-0.4, -0.2) is 76.0 Å². The first-order valence-electron chi connectivity index (χ1n) is 40.7. The van der Waals surface area contributed by atoms with Crippen molar-refractivity contribution in [2.45, 2.75) is 269 Å². The van der Waals surface area contributed by atoms with E-state index < -0.39 is 24.2 Å². The van der Waals surface area contributed by atoms with Gasteiger partial charge in [0.15, 0.2) is 0 Å². The molecule has 9 aromatic rings. The Morgan fingerprint density at radius 3 is 1.01 bits per heavy atom. The van der Waals surface area contributed by atoms with Crippen LogP contribution in [0.1, 0.15) is 248 Å². The van der Waals surface area contributed by atoms with Gasteiger partial charge in [-0.15, -0.1) is 0 Å². The number of nitrogens with zero attached hydrogens (tertiary/aromatic N) is 3. The molecule has 0 spiro atoms. The van der Waals surface area contributed by atoms with Gasteiger partial charge in [0.1, 0.15) is 45.4 Å². The summed E-state index contributed by atoms with van der Waals surface area (Å²) in [4.78, 5) is 7.12. The standard InChI is InChI=1S/C22H22O.C16H19N.C16H18O.C16H26O.C14H22O.C9H19N.C6H15N/c1-22(2,3)23-21-19(17-11-6-4-7-12-17)15-10-16-20(21)18-13-8-5-9-14-18;1-16(2,3)17(14-10-6-4-7-11-14)15-12-8-5-9-13-15;1-16(2,3)17-15-12-8-7-11-14(15)13-9-5-4-6-10-13;1-11(2)13-9-8-10-14(12(3)4)15(13)17-16(5,6)7;1-13(2,3)11-9-7-8-10-12(11)15-14(4,5)6;1-9(2,3)10-7-5-4-6-8-10;1-6(2,3)7(4)5/h4-16H,1-3H3;4-13H,1-3H3;4-12H,1-3H3;8-12H,1-7H3;7-10H,1-6H3;4-8H2,1-3H3;1-5H3/i;;;1D3,11D,12D;;;. The van der Waals surface area contributed by atoms with Gasteiger partial charge in [-0.2, -0.15) is 0 Å². The molecular formula is C99H141N3O4. The van der Waals surface area contributed by atoms with Gasteiger partial charge in [-0.1, -0.05) is 255 Å². The van der Waals surface area contributed by atoms with Gasteiger partial charge >= 0.3 is 0 Å². The molecule has 0 N–H and O–H groups in total. The van der Waals surface area contributed by atoms with Gasteiger partial charge in [0, 0.05) is 51.5 Å². The first kappa shape index (κ1) is 82.0. The molecule has 1 heterocycles. The largest absolute Gasteiger partial charge is 0.488 e. The van der Waals surface area contributed by atoms with Crippen molar-refractivity contribution in [3.05, 3.63) is 253 Å². The Bertz CT molecular complexity index is 4030. The zero-order valence-corrected chi connectivity index (χ0v) is 71.0. The molecule has 0 aliphatic carbocycles. The van der Waals surface area contributed by atoms with Gasteiger partial charge in [0.2, 0.25) is 0 Å². The average molecular weight is 1440 g/mol. The van der Waals surface area contributed by atoms with Gasteiger partial charge in [0.25, 0.3) is 0 Å². The fourth-order valence-corrected chi connectivity index (χ4v) is 11.2. The molecule has 10 rings (SSSR count). The molecule has 9 aromatic carbocycles. The van der Waals surface area contributed by atoms with E-state index in [0.29, 0.717) is 28.0 Å². The number of hydrogen-bond donors (Lipinski definition) is 0. The third kappa shape index (κ3) is 33.0. The van der Waals surface area contributed by atoms with Crippen LogP contribution in [-0.2, 0) is 5.41 Å². The van der Waals surface area contributed by atoms with Crippen LogP contribution in [0.4, 0.5) is 11.4 Å². The second kappa shape index (κ2) is 40.7. The molecule has 0 amide bonds. The van der Waals surface area contributed by atoms with Crippen molar-refractivity contribution in [1.82, 2.24) is 9.80 Å². The summed E-state index contributed by atoms with van der Waals surface area (Å²) >= 11 is 0. The van der Waals surface area contributed by atoms with Crippen LogP contribution in [0.2, 0.25) is 0 Å². The molecule has 0 radical (unpaired) electrons. The van der Waals surface area contributed by atoms with Gasteiger partial charge < -0.3 is 28.7 Å². The first-order valence-corrected chi connectivity index (χ1v) is 38.2. The van der Waals surface area contributed by atoms with E-state index >= 15 is 0 Å². The number of piperidine rings is 1. The molecule has 576 valence electrons. The molecule has 7 heteroatoms. The molecule has 1 aliphatic rings. The number of benzene rings is 9. The van der Waals surface area contributed by atoms with Crippen LogP contribution in [0.5, 0.6) is 23.0 Å². The maximum atomic E-state index is 8.36. The molecule has 106 heavy (non-hydrogen) atoms. The summed E-state index contributed by atoms with van der Waals surface area (Å²) in [7, 11) is 4.17. The number of rotatable bonds is 11. The monoisotopic (exact) mass is 1440 g/mol. The van der Waals surface area contributed by atoms with E-state index in [9.17, 15) is 0 Å². The van der Waals surface area contributed by atoms with Crippen molar-refractivity contribution in [2.75, 3.05) is 32.1 Å². The van der Waals surface area contributed by atoms with Crippen molar-refractivity contribution in [2.24, 2.45) is 0 Å². The Morgan fingerprint density at radius 2 is 0.660 bits per heavy atom. The van der Waals surface area contributed by atoms with Crippen molar-refractivity contribution < 1.29 is 25.8 Å². The quantitative estimate of drug-likeness (QED) is 0.128. The lowest BCUT2D eigenvalue weighted by atomic mass is 9.86. The molecule has 0 saturated carbocycles. The van der Waals surface area contributed by atoms with E-state index in [4.69, 9.17) is 25.8 Å². The van der Waals surface area contributed by atoms with Crippen molar-refractivity contribution >= 4 is 11.4 Å². The summed E-state index contributed by atoms with van der Waals surface area (Å²) in [6.07, 6.45) is 4.24. The second-order valence-electron chi connectivity index (χ2n) is 35.6. The van der Waals surface area contributed by atoms with E-state index in [0.717, 1.165) is 33.9 Å². The highest BCUT2D eigenvalue weighted by Crippen LogP contribution is 2.42. The fraction of sp³-hybridized carbons (Fsp3) is 0.455. The van der Waals surface area contributed by atoms with E-state index in [2.05, 4.69) is 332 Å². The molecular weight excluding hydrogens is 1300 g/mol. The van der Waals surface area contributed by atoms with E-state index in [1.54, 1.807) is 32.0 Å². The zero-order valence-electron chi connectivity index (χ0n) is 76.0. The molecule has 1 fully saturated rings. The molecule has 7 nitrogen and oxygen atoms in total. The Hall–Kier alpha value is -8.10. The lowest BCUT2D eigenvalue weighted by molar-refractivity contribution is 0.111. The smallest absolute Gasteiger partial charge is 0.135 e. The zero-order chi connectivity index (χ0) is 83.8. The van der Waals surface area contributed by atoms with Gasteiger partial charge in [-0.3, -0.25) is 4.90 Å². The highest BCUT2D eigenvalue weighted by molar-refractivity contribution is 5.82. The van der Waals surface area contributed by atoms with Crippen LogP contribution >= 0.6 is 0 Å². The summed E-state index contributed by atoms with van der Waals surface area (Å²) in [5, 5.41) is 0. The van der Waals surface area contributed by atoms with E-state index in [1.165, 1.54) is 72.9 Å². The lowest BCUT2D eigenvalue weighted by Gasteiger charge is -2.38. The highest BCUT2D eigenvalue weighted by atomic mass is 16.5. The summed E-state index contributed by atoms with van der Waals surface area (Å²) in [5.41, 5.74) is 11.3. The number of ether oxygens (including phenoxy) is 4. The van der Waals surface area contributed by atoms with Crippen molar-refractivity contribution in [3.63, 3.8) is 0 Å². The molecule has 1 aliphatic heterocycles. The molecule has 1 unspecified atom stereocenters. The molecule has 0 aromatic heterocycles. The Morgan fingerprint density at radius 1 is 0.340 bits per heavy atom. The minimum atomic E-state index is -2.49. The minimum Gasteiger partial charge on any atom is -0.488 e. The van der Waals surface area contributed by atoms with Crippen LogP contribution in [0.25, 0.3) is 33.4 Å². The summed E-state index contributed by atoms with van der Waals surface area (Å²) in [6, 6.07) is 80.0. The molecule has 1 atom stereocenters.